The average molecular weight is 537 g/mol. The van der Waals surface area contributed by atoms with Crippen molar-refractivity contribution in [3.8, 4) is 5.75 Å². The molecule has 0 radical (unpaired) electrons. The molecule has 3 aromatic rings. The van der Waals surface area contributed by atoms with Crippen LogP contribution >= 0.6 is 0 Å². The summed E-state index contributed by atoms with van der Waals surface area (Å²) in [6.07, 6.45) is 13.2. The second-order valence-corrected chi connectivity index (χ2v) is 9.38. The van der Waals surface area contributed by atoms with Crippen molar-refractivity contribution in [3.63, 3.8) is 0 Å². The number of allylic oxidation sites excluding steroid dienone is 3. The minimum absolute atomic E-state index is 0.0697. The van der Waals surface area contributed by atoms with E-state index in [9.17, 15) is 0 Å². The number of rotatable bonds is 16. The van der Waals surface area contributed by atoms with Gasteiger partial charge in [-0.05, 0) is 68.0 Å². The van der Waals surface area contributed by atoms with Crippen molar-refractivity contribution in [1.29, 1.82) is 0 Å². The topological polar surface area (TPSA) is 82.1 Å². The van der Waals surface area contributed by atoms with Crippen LogP contribution in [0.2, 0.25) is 0 Å². The van der Waals surface area contributed by atoms with E-state index in [0.29, 0.717) is 19.0 Å². The fourth-order valence-electron chi connectivity index (χ4n) is 3.73. The molecule has 0 amide bonds. The summed E-state index contributed by atoms with van der Waals surface area (Å²) in [5.74, 6) is 1.36. The Hall–Kier alpha value is -4.45. The van der Waals surface area contributed by atoms with Crippen LogP contribution in [0.4, 0.5) is 0 Å². The van der Waals surface area contributed by atoms with Crippen molar-refractivity contribution >= 4 is 12.4 Å². The molecule has 1 heterocycles. The Balaban J connectivity index is 1.28. The average Bonchev–Trinajstić information content (AvgIpc) is 3.01. The fourth-order valence-corrected chi connectivity index (χ4v) is 3.73. The zero-order valence-electron chi connectivity index (χ0n) is 23.5. The molecule has 0 aliphatic carbocycles. The van der Waals surface area contributed by atoms with E-state index in [2.05, 4.69) is 59.7 Å². The molecule has 208 valence electrons. The van der Waals surface area contributed by atoms with Gasteiger partial charge < -0.3 is 15.2 Å². The lowest BCUT2D eigenvalue weighted by Crippen LogP contribution is -2.01. The Morgan fingerprint density at radius 1 is 0.850 bits per heavy atom. The van der Waals surface area contributed by atoms with E-state index in [1.165, 1.54) is 11.8 Å². The Morgan fingerprint density at radius 2 is 1.50 bits per heavy atom. The lowest BCUT2D eigenvalue weighted by molar-refractivity contribution is 0.212. The summed E-state index contributed by atoms with van der Waals surface area (Å²) < 4.78 is 11.6. The van der Waals surface area contributed by atoms with E-state index < -0.39 is 0 Å². The summed E-state index contributed by atoms with van der Waals surface area (Å²) in [4.78, 5) is 13.6. The van der Waals surface area contributed by atoms with Crippen LogP contribution in [0.25, 0.3) is 0 Å². The first kappa shape index (κ1) is 30.1. The van der Waals surface area contributed by atoms with Gasteiger partial charge in [0.1, 0.15) is 11.5 Å². The third kappa shape index (κ3) is 11.1. The zero-order chi connectivity index (χ0) is 28.4. The van der Waals surface area contributed by atoms with Crippen molar-refractivity contribution in [2.45, 2.75) is 45.2 Å². The maximum absolute atomic E-state index is 5.83. The lowest BCUT2D eigenvalue weighted by Gasteiger charge is -2.08. The highest BCUT2D eigenvalue weighted by Gasteiger charge is 2.02. The van der Waals surface area contributed by atoms with Gasteiger partial charge in [0.25, 0.3) is 0 Å². The Kier molecular flexibility index (Phi) is 12.9. The molecule has 40 heavy (non-hydrogen) atoms. The molecule has 2 aromatic carbocycles. The number of benzene rings is 2. The predicted molar refractivity (Wildman–Crippen MR) is 166 cm³/mol. The molecule has 2 N–H and O–H groups in total. The number of pyridine rings is 1. The standard InChI is InChI=1S/C34H40N4O2/c1-27(24-36-28(2)30-13-7-4-8-14-30)17-19-33(23-35)39-21-11-6-12-22-40-34-20-18-32(38-26-34)25-37-29(3)31-15-9-5-10-16-31/h4-5,7-10,13-20,23-26,28-29H,1,6,11-12,21-22,35H2,2-3H3/b19-17-,33-23+,36-24?,37-25?/t28-,29-/m0/s1. The quantitative estimate of drug-likeness (QED) is 0.0886. The Bertz CT molecular complexity index is 1270. The summed E-state index contributed by atoms with van der Waals surface area (Å²) in [6.45, 7) is 9.36. The Morgan fingerprint density at radius 3 is 2.12 bits per heavy atom. The van der Waals surface area contributed by atoms with Crippen LogP contribution < -0.4 is 10.5 Å². The van der Waals surface area contributed by atoms with Crippen LogP contribution in [-0.2, 0) is 4.74 Å². The molecule has 6 heteroatoms. The lowest BCUT2D eigenvalue weighted by atomic mass is 10.1. The molecule has 0 unspecified atom stereocenters. The maximum atomic E-state index is 5.83. The van der Waals surface area contributed by atoms with Crippen LogP contribution in [0.5, 0.6) is 5.75 Å². The van der Waals surface area contributed by atoms with E-state index in [4.69, 9.17) is 15.2 Å². The van der Waals surface area contributed by atoms with Gasteiger partial charge in [-0.3, -0.25) is 15.0 Å². The third-order valence-electron chi connectivity index (χ3n) is 6.17. The number of hydrogen-bond acceptors (Lipinski definition) is 6. The van der Waals surface area contributed by atoms with E-state index in [1.54, 1.807) is 18.6 Å². The number of aromatic nitrogens is 1. The Labute approximate surface area is 238 Å². The number of ether oxygens (including phenoxy) is 2. The van der Waals surface area contributed by atoms with Gasteiger partial charge in [-0.2, -0.15) is 0 Å². The van der Waals surface area contributed by atoms with Gasteiger partial charge in [-0.1, -0.05) is 73.3 Å². The largest absolute Gasteiger partial charge is 0.492 e. The van der Waals surface area contributed by atoms with Crippen molar-refractivity contribution < 1.29 is 9.47 Å². The van der Waals surface area contributed by atoms with Crippen molar-refractivity contribution in [1.82, 2.24) is 4.98 Å². The van der Waals surface area contributed by atoms with Gasteiger partial charge in [-0.25, -0.2) is 0 Å². The second-order valence-electron chi connectivity index (χ2n) is 9.38. The van der Waals surface area contributed by atoms with Gasteiger partial charge in [0.05, 0.1) is 37.2 Å². The highest BCUT2D eigenvalue weighted by molar-refractivity contribution is 5.81. The van der Waals surface area contributed by atoms with Crippen molar-refractivity contribution in [2.75, 3.05) is 13.2 Å². The minimum Gasteiger partial charge on any atom is -0.492 e. The first-order valence-electron chi connectivity index (χ1n) is 13.7. The second kappa shape index (κ2) is 17.2. The van der Waals surface area contributed by atoms with E-state index in [1.807, 2.05) is 60.7 Å². The molecule has 0 spiro atoms. The first-order valence-corrected chi connectivity index (χ1v) is 13.7. The highest BCUT2D eigenvalue weighted by Crippen LogP contribution is 2.17. The zero-order valence-corrected chi connectivity index (χ0v) is 23.5. The van der Waals surface area contributed by atoms with Crippen LogP contribution in [0.3, 0.4) is 0 Å². The van der Waals surface area contributed by atoms with E-state index in [0.717, 1.165) is 41.8 Å². The third-order valence-corrected chi connectivity index (χ3v) is 6.17. The summed E-state index contributed by atoms with van der Waals surface area (Å²) in [6, 6.07) is 24.4. The molecule has 0 saturated carbocycles. The van der Waals surface area contributed by atoms with Crippen LogP contribution in [-0.4, -0.2) is 30.6 Å². The molecule has 3 rings (SSSR count). The number of nitrogens with two attached hydrogens (primary N) is 1. The smallest absolute Gasteiger partial charge is 0.137 e. The normalized spacial score (nSPS) is 13.6. The molecule has 0 aliphatic rings. The molecule has 6 nitrogen and oxygen atoms in total. The van der Waals surface area contributed by atoms with Gasteiger partial charge >= 0.3 is 0 Å². The molecule has 0 bridgehead atoms. The summed E-state index contributed by atoms with van der Waals surface area (Å²) in [5, 5.41) is 0. The summed E-state index contributed by atoms with van der Waals surface area (Å²) in [5.41, 5.74) is 9.65. The monoisotopic (exact) mass is 536 g/mol. The number of unbranched alkanes of at least 4 members (excludes halogenated alkanes) is 2. The summed E-state index contributed by atoms with van der Waals surface area (Å²) in [7, 11) is 0. The molecule has 0 saturated heterocycles. The molecular weight excluding hydrogens is 496 g/mol. The molecule has 0 aliphatic heterocycles. The SMILES string of the molecule is C=C(C=N[C@@H](C)c1ccccc1)/C=C\C(=C/N)OCCCCCOc1ccc(C=N[C@@H](C)c2ccccc2)nc1. The van der Waals surface area contributed by atoms with Gasteiger partial charge in [0.15, 0.2) is 0 Å². The van der Waals surface area contributed by atoms with Gasteiger partial charge in [-0.15, -0.1) is 0 Å². The number of hydrogen-bond donors (Lipinski definition) is 1. The number of aliphatic imine (C=N–C) groups is 2. The highest BCUT2D eigenvalue weighted by atomic mass is 16.5. The van der Waals surface area contributed by atoms with Crippen LogP contribution in [0, 0.1) is 0 Å². The molecule has 0 fully saturated rings. The predicted octanol–water partition coefficient (Wildman–Crippen LogP) is 7.57. The molecular formula is C34H40N4O2. The van der Waals surface area contributed by atoms with E-state index in [-0.39, 0.29) is 12.1 Å². The van der Waals surface area contributed by atoms with Crippen LogP contribution in [0.1, 0.15) is 62.0 Å². The number of nitrogens with zero attached hydrogens (tertiary/aromatic N) is 3. The van der Waals surface area contributed by atoms with Crippen molar-refractivity contribution in [2.24, 2.45) is 15.7 Å². The van der Waals surface area contributed by atoms with Gasteiger partial charge in [0, 0.05) is 18.6 Å². The minimum atomic E-state index is 0.0697. The first-order chi connectivity index (χ1) is 19.5. The maximum Gasteiger partial charge on any atom is 0.137 e. The van der Waals surface area contributed by atoms with Gasteiger partial charge in [0.2, 0.25) is 0 Å². The molecule has 2 atom stereocenters. The van der Waals surface area contributed by atoms with Crippen LogP contribution in [0.15, 0.2) is 125 Å². The fraction of sp³-hybridized carbons (Fsp3) is 0.265. The molecule has 1 aromatic heterocycles. The van der Waals surface area contributed by atoms with Crippen molar-refractivity contribution in [3.05, 3.63) is 132 Å². The van der Waals surface area contributed by atoms with E-state index >= 15 is 0 Å². The summed E-state index contributed by atoms with van der Waals surface area (Å²) >= 11 is 0.